The number of oxime groups is 1. The summed E-state index contributed by atoms with van der Waals surface area (Å²) in [5.74, 6) is 0.897. The Kier molecular flexibility index (Phi) is 4.21. The Bertz CT molecular complexity index is 462. The van der Waals surface area contributed by atoms with Crippen molar-refractivity contribution < 1.29 is 5.21 Å². The number of nitrogens with two attached hydrogens (primary N) is 1. The van der Waals surface area contributed by atoms with Crippen molar-refractivity contribution in [1.82, 2.24) is 9.88 Å². The van der Waals surface area contributed by atoms with E-state index in [0.29, 0.717) is 11.6 Å². The second kappa shape index (κ2) is 5.88. The Morgan fingerprint density at radius 1 is 1.53 bits per heavy atom. The van der Waals surface area contributed by atoms with Gasteiger partial charge in [-0.15, -0.1) is 0 Å². The predicted octanol–water partition coefficient (Wildman–Crippen LogP) is 0.707. The van der Waals surface area contributed by atoms with Crippen LogP contribution in [0, 0.1) is 0 Å². The molecule has 0 bridgehead atoms. The van der Waals surface area contributed by atoms with Gasteiger partial charge in [-0.2, -0.15) is 0 Å². The Balaban J connectivity index is 2.35. The fourth-order valence-electron chi connectivity index (χ4n) is 2.57. The van der Waals surface area contributed by atoms with E-state index in [0.717, 1.165) is 31.9 Å². The van der Waals surface area contributed by atoms with Gasteiger partial charge in [-0.25, -0.2) is 4.98 Å². The van der Waals surface area contributed by atoms with Crippen LogP contribution in [0.25, 0.3) is 0 Å². The third kappa shape index (κ3) is 2.96. The van der Waals surface area contributed by atoms with Gasteiger partial charge in [-0.3, -0.25) is 0 Å². The van der Waals surface area contributed by atoms with Crippen molar-refractivity contribution in [1.29, 1.82) is 0 Å². The van der Waals surface area contributed by atoms with Crippen molar-refractivity contribution in [2.75, 3.05) is 31.6 Å². The number of amidine groups is 1. The van der Waals surface area contributed by atoms with Crippen LogP contribution >= 0.6 is 0 Å². The maximum atomic E-state index is 8.88. The first kappa shape index (κ1) is 13.6. The van der Waals surface area contributed by atoms with Crippen LogP contribution < -0.4 is 10.6 Å². The molecule has 1 atom stereocenters. The molecule has 0 saturated carbocycles. The quantitative estimate of drug-likeness (QED) is 0.355. The Morgan fingerprint density at radius 3 is 3.05 bits per heavy atom. The summed E-state index contributed by atoms with van der Waals surface area (Å²) in [6.45, 7) is 5.15. The van der Waals surface area contributed by atoms with Crippen LogP contribution in [0.15, 0.2) is 23.5 Å². The zero-order chi connectivity index (χ0) is 13.8. The van der Waals surface area contributed by atoms with Crippen molar-refractivity contribution in [3.8, 4) is 0 Å². The van der Waals surface area contributed by atoms with Gasteiger partial charge in [-0.05, 0) is 39.1 Å². The number of anilines is 1. The molecule has 1 aliphatic rings. The molecule has 1 aromatic rings. The molecule has 1 unspecified atom stereocenters. The van der Waals surface area contributed by atoms with Gasteiger partial charge in [0, 0.05) is 25.3 Å². The average Bonchev–Trinajstić information content (AvgIpc) is 2.58. The van der Waals surface area contributed by atoms with Gasteiger partial charge in [0.25, 0.3) is 0 Å². The average molecular weight is 263 g/mol. The summed E-state index contributed by atoms with van der Waals surface area (Å²) in [6, 6.07) is 3.97. The van der Waals surface area contributed by atoms with Crippen LogP contribution in [0.4, 0.5) is 5.82 Å². The lowest BCUT2D eigenvalue weighted by molar-refractivity contribution is 0.318. The number of rotatable bonds is 2. The second-order valence-electron chi connectivity index (χ2n) is 5.02. The lowest BCUT2D eigenvalue weighted by Gasteiger charge is -2.30. The molecule has 2 rings (SSSR count). The lowest BCUT2D eigenvalue weighted by Crippen LogP contribution is -2.39. The fourth-order valence-corrected chi connectivity index (χ4v) is 2.57. The molecule has 1 fully saturated rings. The molecule has 0 amide bonds. The van der Waals surface area contributed by atoms with Crippen LogP contribution in [0.2, 0.25) is 0 Å². The standard InChI is InChI=1S/C13H21N5O/c1-10-9-17(2)7-4-8-18(10)13-11(12(14)16-19)5-3-6-15-13/h3,5-6,10,19H,4,7-9H2,1-2H3,(H2,14,16). The van der Waals surface area contributed by atoms with Crippen LogP contribution in [0.3, 0.4) is 0 Å². The number of nitrogens with zero attached hydrogens (tertiary/aromatic N) is 4. The van der Waals surface area contributed by atoms with Crippen LogP contribution in [-0.4, -0.2) is 53.7 Å². The molecular formula is C13H21N5O. The summed E-state index contributed by atoms with van der Waals surface area (Å²) in [7, 11) is 2.13. The van der Waals surface area contributed by atoms with Gasteiger partial charge < -0.3 is 20.7 Å². The Hall–Kier alpha value is -1.82. The second-order valence-corrected chi connectivity index (χ2v) is 5.02. The summed E-state index contributed by atoms with van der Waals surface area (Å²) in [5.41, 5.74) is 6.42. The molecule has 6 nitrogen and oxygen atoms in total. The highest BCUT2D eigenvalue weighted by atomic mass is 16.4. The first-order valence-corrected chi connectivity index (χ1v) is 6.51. The highest BCUT2D eigenvalue weighted by Gasteiger charge is 2.23. The minimum Gasteiger partial charge on any atom is -0.409 e. The highest BCUT2D eigenvalue weighted by molar-refractivity contribution is 6.01. The first-order chi connectivity index (χ1) is 9.13. The fraction of sp³-hybridized carbons (Fsp3) is 0.538. The molecule has 1 aliphatic heterocycles. The number of likely N-dealkylation sites (N-methyl/N-ethyl adjacent to an activating group) is 1. The van der Waals surface area contributed by atoms with E-state index in [1.54, 1.807) is 12.3 Å². The van der Waals surface area contributed by atoms with Gasteiger partial charge in [0.15, 0.2) is 5.84 Å². The number of aromatic nitrogens is 1. The largest absolute Gasteiger partial charge is 0.409 e. The van der Waals surface area contributed by atoms with Gasteiger partial charge in [0.05, 0.1) is 5.56 Å². The summed E-state index contributed by atoms with van der Waals surface area (Å²) in [4.78, 5) is 8.97. The maximum Gasteiger partial charge on any atom is 0.173 e. The molecule has 3 N–H and O–H groups in total. The molecule has 0 aliphatic carbocycles. The maximum absolute atomic E-state index is 8.88. The third-order valence-electron chi connectivity index (χ3n) is 3.49. The molecule has 6 heteroatoms. The summed E-state index contributed by atoms with van der Waals surface area (Å²) < 4.78 is 0. The van der Waals surface area contributed by atoms with E-state index in [4.69, 9.17) is 10.9 Å². The van der Waals surface area contributed by atoms with Gasteiger partial charge >= 0.3 is 0 Å². The molecule has 19 heavy (non-hydrogen) atoms. The van der Waals surface area contributed by atoms with Gasteiger partial charge in [0.1, 0.15) is 5.82 Å². The number of hydrogen-bond donors (Lipinski definition) is 2. The van der Waals surface area contributed by atoms with Crippen LogP contribution in [0.5, 0.6) is 0 Å². The normalized spacial score (nSPS) is 22.3. The van der Waals surface area contributed by atoms with Crippen molar-refractivity contribution in [3.05, 3.63) is 23.9 Å². The lowest BCUT2D eigenvalue weighted by atomic mass is 10.2. The van der Waals surface area contributed by atoms with Crippen molar-refractivity contribution in [3.63, 3.8) is 0 Å². The van der Waals surface area contributed by atoms with E-state index in [-0.39, 0.29) is 5.84 Å². The molecule has 0 aromatic carbocycles. The van der Waals surface area contributed by atoms with Crippen molar-refractivity contribution in [2.45, 2.75) is 19.4 Å². The first-order valence-electron chi connectivity index (χ1n) is 6.51. The molecule has 2 heterocycles. The van der Waals surface area contributed by atoms with E-state index in [9.17, 15) is 0 Å². The summed E-state index contributed by atoms with van der Waals surface area (Å²) >= 11 is 0. The van der Waals surface area contributed by atoms with E-state index < -0.39 is 0 Å². The third-order valence-corrected chi connectivity index (χ3v) is 3.49. The summed E-state index contributed by atoms with van der Waals surface area (Å²) in [5, 5.41) is 12.0. The van der Waals surface area contributed by atoms with E-state index >= 15 is 0 Å². The topological polar surface area (TPSA) is 78.0 Å². The van der Waals surface area contributed by atoms with E-state index in [2.05, 4.69) is 33.9 Å². The molecular weight excluding hydrogens is 242 g/mol. The molecule has 0 spiro atoms. The molecule has 1 aromatic heterocycles. The van der Waals surface area contributed by atoms with Crippen molar-refractivity contribution >= 4 is 11.7 Å². The number of pyridine rings is 1. The van der Waals surface area contributed by atoms with E-state index in [1.807, 2.05) is 6.07 Å². The minimum atomic E-state index is 0.105. The monoisotopic (exact) mass is 263 g/mol. The molecule has 104 valence electrons. The zero-order valence-corrected chi connectivity index (χ0v) is 11.5. The Labute approximate surface area is 113 Å². The van der Waals surface area contributed by atoms with Gasteiger partial charge in [-0.1, -0.05) is 5.16 Å². The Morgan fingerprint density at radius 2 is 2.32 bits per heavy atom. The van der Waals surface area contributed by atoms with Crippen LogP contribution in [-0.2, 0) is 0 Å². The summed E-state index contributed by atoms with van der Waals surface area (Å²) in [6.07, 6.45) is 2.82. The smallest absolute Gasteiger partial charge is 0.173 e. The SMILES string of the molecule is CC1CN(C)CCCN1c1ncccc1/C(N)=N/O. The van der Waals surface area contributed by atoms with Crippen LogP contribution in [0.1, 0.15) is 18.9 Å². The van der Waals surface area contributed by atoms with Crippen molar-refractivity contribution in [2.24, 2.45) is 10.9 Å². The number of hydrogen-bond acceptors (Lipinski definition) is 5. The molecule has 0 radical (unpaired) electrons. The van der Waals surface area contributed by atoms with E-state index in [1.165, 1.54) is 0 Å². The van der Waals surface area contributed by atoms with Gasteiger partial charge in [0.2, 0.25) is 0 Å². The molecule has 1 saturated heterocycles. The zero-order valence-electron chi connectivity index (χ0n) is 11.5. The minimum absolute atomic E-state index is 0.105. The highest BCUT2D eigenvalue weighted by Crippen LogP contribution is 2.21. The predicted molar refractivity (Wildman–Crippen MR) is 75.7 cm³/mol.